The first-order valence-corrected chi connectivity index (χ1v) is 31.7. The number of thiophene rings is 1. The average Bonchev–Trinajstić information content (AvgIpc) is 1.50. The van der Waals surface area contributed by atoms with E-state index in [0.29, 0.717) is 0 Å². The maximum Gasteiger partial charge on any atom is 0.254 e. The standard InChI is InChI=1S/C76H78BN3OS/c1-70(2,3)45-27-31-57-55(39-45)75(12)33-18-19-34-76(75,13)80(57)47-41-61-67-62(42-47)79(58-23-20-25-64-66(58)50-22-14-16-24-63(50)81-64)59-32-29-49-48-21-15-17-26-65(48)82-69(49)68(59)77(67)56-43-53-54(74(10,11)38-37-73(53,8)9)44-60(56)78(61)46-28-30-51-52(40-46)72(6,7)36-35-71(51,4)5/h14-17,20-32,39-44H,18-19,33-38H2,1-13H3. The van der Waals surface area contributed by atoms with Gasteiger partial charge in [0.25, 0.3) is 6.71 Å². The quantitative estimate of drug-likeness (QED) is 0.165. The lowest BCUT2D eigenvalue weighted by molar-refractivity contribution is 0.195. The fourth-order valence-electron chi connectivity index (χ4n) is 17.2. The molecule has 16 rings (SSSR count). The van der Waals surface area contributed by atoms with Gasteiger partial charge in [-0.15, -0.1) is 11.3 Å². The van der Waals surface area contributed by atoms with Gasteiger partial charge in [0.2, 0.25) is 0 Å². The van der Waals surface area contributed by atoms with E-state index < -0.39 is 0 Å². The molecule has 3 aliphatic carbocycles. The largest absolute Gasteiger partial charge is 0.456 e. The summed E-state index contributed by atoms with van der Waals surface area (Å²) >= 11 is 1.98. The van der Waals surface area contributed by atoms with E-state index in [4.69, 9.17) is 4.42 Å². The Labute approximate surface area is 490 Å². The third-order valence-electron chi connectivity index (χ3n) is 22.5. The second kappa shape index (κ2) is 16.5. The second-order valence-corrected chi connectivity index (χ2v) is 31.1. The number of para-hydroxylation sites is 1. The van der Waals surface area contributed by atoms with Gasteiger partial charge in [-0.2, -0.15) is 0 Å². The SMILES string of the molecule is CC(C)(C)c1ccc2c(c1)C1(C)CCCCC1(C)N2c1cc2c3c(c1)N(c1cccc4oc5ccccc5c14)c1ccc4c(sc5ccccc54)c1B3c1cc3c(cc1N2c1ccc2c(c1)C(C)(C)CCC2(C)C)C(C)(C)CCC3(C)C. The lowest BCUT2D eigenvalue weighted by Gasteiger charge is -2.51. The third kappa shape index (κ3) is 6.74. The van der Waals surface area contributed by atoms with E-state index in [-0.39, 0.29) is 44.7 Å². The Hall–Kier alpha value is -6.76. The highest BCUT2D eigenvalue weighted by Crippen LogP contribution is 2.63. The summed E-state index contributed by atoms with van der Waals surface area (Å²) in [6.45, 7) is 32.3. The van der Waals surface area contributed by atoms with E-state index in [0.717, 1.165) is 53.3 Å². The number of fused-ring (bicyclic) bond motifs is 16. The van der Waals surface area contributed by atoms with Gasteiger partial charge in [-0.3, -0.25) is 0 Å². The molecule has 3 aliphatic heterocycles. The Morgan fingerprint density at radius 3 is 1.83 bits per heavy atom. The molecular weight excluding hydrogens is 1010 g/mol. The minimum Gasteiger partial charge on any atom is -0.456 e. The van der Waals surface area contributed by atoms with Crippen LogP contribution in [0.3, 0.4) is 0 Å². The van der Waals surface area contributed by atoms with Crippen LogP contribution in [-0.4, -0.2) is 12.3 Å². The maximum atomic E-state index is 6.85. The van der Waals surface area contributed by atoms with Crippen LogP contribution in [0, 0.1) is 0 Å². The van der Waals surface area contributed by atoms with Crippen LogP contribution in [0.4, 0.5) is 45.5 Å². The number of benzene rings is 8. The van der Waals surface area contributed by atoms with E-state index in [1.165, 1.54) is 135 Å². The summed E-state index contributed by atoms with van der Waals surface area (Å²) in [4.78, 5) is 8.35. The molecule has 2 unspecified atom stereocenters. The molecule has 2 atom stereocenters. The van der Waals surface area contributed by atoms with Gasteiger partial charge in [-0.1, -0.05) is 169 Å². The molecule has 2 aromatic heterocycles. The molecular formula is C76H78BN3OS. The minimum absolute atomic E-state index is 0.00201. The van der Waals surface area contributed by atoms with Crippen LogP contribution >= 0.6 is 11.3 Å². The Balaban J connectivity index is 1.09. The second-order valence-electron chi connectivity index (χ2n) is 30.1. The zero-order chi connectivity index (χ0) is 56.6. The van der Waals surface area contributed by atoms with E-state index in [1.54, 1.807) is 0 Å². The Morgan fingerprint density at radius 1 is 0.451 bits per heavy atom. The lowest BCUT2D eigenvalue weighted by Crippen LogP contribution is -2.62. The summed E-state index contributed by atoms with van der Waals surface area (Å²) in [6.07, 6.45) is 9.38. The first-order chi connectivity index (χ1) is 39.0. The Kier molecular flexibility index (Phi) is 10.3. The number of hydrogen-bond donors (Lipinski definition) is 0. The van der Waals surface area contributed by atoms with Gasteiger partial charge in [0, 0.05) is 65.4 Å². The fraction of sp³-hybridized carbons (Fsp3) is 0.368. The smallest absolute Gasteiger partial charge is 0.254 e. The van der Waals surface area contributed by atoms with Crippen LogP contribution in [0.5, 0.6) is 0 Å². The van der Waals surface area contributed by atoms with Crippen LogP contribution < -0.4 is 31.1 Å². The van der Waals surface area contributed by atoms with Crippen molar-refractivity contribution in [3.8, 4) is 0 Å². The Morgan fingerprint density at radius 2 is 1.09 bits per heavy atom. The molecule has 0 amide bonds. The van der Waals surface area contributed by atoms with Crippen LogP contribution in [0.25, 0.3) is 42.1 Å². The van der Waals surface area contributed by atoms with Crippen molar-refractivity contribution in [2.45, 2.75) is 179 Å². The van der Waals surface area contributed by atoms with Gasteiger partial charge < -0.3 is 19.1 Å². The van der Waals surface area contributed by atoms with E-state index in [2.05, 4.69) is 244 Å². The molecule has 8 aromatic carbocycles. The molecule has 0 N–H and O–H groups in total. The van der Waals surface area contributed by atoms with Crippen molar-refractivity contribution in [2.24, 2.45) is 0 Å². The minimum atomic E-state index is -0.181. The van der Waals surface area contributed by atoms with Crippen LogP contribution in [0.2, 0.25) is 0 Å². The van der Waals surface area contributed by atoms with Gasteiger partial charge >= 0.3 is 0 Å². The predicted octanol–water partition coefficient (Wildman–Crippen LogP) is 19.8. The number of anilines is 8. The van der Waals surface area contributed by atoms with E-state index >= 15 is 0 Å². The van der Waals surface area contributed by atoms with Gasteiger partial charge in [-0.05, 0) is 194 Å². The van der Waals surface area contributed by atoms with Crippen LogP contribution in [0.15, 0.2) is 144 Å². The average molecular weight is 1090 g/mol. The maximum absolute atomic E-state index is 6.85. The predicted molar refractivity (Wildman–Crippen MR) is 353 cm³/mol. The van der Waals surface area contributed by atoms with Crippen molar-refractivity contribution >= 4 is 122 Å². The van der Waals surface area contributed by atoms with Crippen molar-refractivity contribution in [2.75, 3.05) is 14.7 Å². The zero-order valence-electron chi connectivity index (χ0n) is 50.7. The molecule has 5 heterocycles. The molecule has 0 bridgehead atoms. The molecule has 0 radical (unpaired) electrons. The fourth-order valence-corrected chi connectivity index (χ4v) is 18.5. The highest BCUT2D eigenvalue weighted by atomic mass is 32.1. The van der Waals surface area contributed by atoms with E-state index in [1.807, 2.05) is 11.3 Å². The monoisotopic (exact) mass is 1090 g/mol. The molecule has 1 fully saturated rings. The zero-order valence-corrected chi connectivity index (χ0v) is 51.5. The molecule has 82 heavy (non-hydrogen) atoms. The number of furan rings is 1. The summed E-state index contributed by atoms with van der Waals surface area (Å²) in [6, 6.07) is 55.6. The number of nitrogens with zero attached hydrogens (tertiary/aromatic N) is 3. The molecule has 0 spiro atoms. The van der Waals surface area contributed by atoms with Gasteiger partial charge in [0.15, 0.2) is 0 Å². The third-order valence-corrected chi connectivity index (χ3v) is 23.7. The molecule has 6 aliphatic rings. The number of hydrogen-bond acceptors (Lipinski definition) is 5. The molecule has 4 nitrogen and oxygen atoms in total. The summed E-state index contributed by atoms with van der Waals surface area (Å²) < 4.78 is 9.56. The van der Waals surface area contributed by atoms with Crippen LogP contribution in [-0.2, 0) is 32.5 Å². The van der Waals surface area contributed by atoms with Gasteiger partial charge in [-0.25, -0.2) is 0 Å². The Bertz CT molecular complexity index is 4430. The van der Waals surface area contributed by atoms with Gasteiger partial charge in [0.1, 0.15) is 11.2 Å². The summed E-state index contributed by atoms with van der Waals surface area (Å²) in [5.41, 5.74) is 24.9. The van der Waals surface area contributed by atoms with Crippen molar-refractivity contribution in [1.82, 2.24) is 0 Å². The van der Waals surface area contributed by atoms with Crippen LogP contribution in [0.1, 0.15) is 175 Å². The lowest BCUT2D eigenvalue weighted by atomic mass is 9.33. The number of rotatable bonds is 3. The molecule has 10 aromatic rings. The molecule has 412 valence electrons. The topological polar surface area (TPSA) is 22.9 Å². The molecule has 6 heteroatoms. The van der Waals surface area contributed by atoms with E-state index in [9.17, 15) is 0 Å². The first kappa shape index (κ1) is 50.9. The molecule has 0 saturated heterocycles. The summed E-state index contributed by atoms with van der Waals surface area (Å²) in [7, 11) is 0. The summed E-state index contributed by atoms with van der Waals surface area (Å²) in [5.74, 6) is 0. The summed E-state index contributed by atoms with van der Waals surface area (Å²) in [5, 5.41) is 4.96. The van der Waals surface area contributed by atoms with Crippen molar-refractivity contribution < 1.29 is 4.42 Å². The van der Waals surface area contributed by atoms with Crippen molar-refractivity contribution in [3.63, 3.8) is 0 Å². The van der Waals surface area contributed by atoms with Gasteiger partial charge in [0.05, 0.1) is 16.6 Å². The normalized spacial score (nSPS) is 22.5. The van der Waals surface area contributed by atoms with Crippen molar-refractivity contribution in [1.29, 1.82) is 0 Å². The highest BCUT2D eigenvalue weighted by molar-refractivity contribution is 7.28. The molecule has 1 saturated carbocycles. The van der Waals surface area contributed by atoms with Crippen molar-refractivity contribution in [3.05, 3.63) is 173 Å². The highest BCUT2D eigenvalue weighted by Gasteiger charge is 2.59. The first-order valence-electron chi connectivity index (χ1n) is 30.9.